The van der Waals surface area contributed by atoms with Crippen LogP contribution < -0.4 is 5.32 Å². The van der Waals surface area contributed by atoms with Gasteiger partial charge in [0.05, 0.1) is 3.79 Å². The lowest BCUT2D eigenvalue weighted by Crippen LogP contribution is -2.26. The maximum Gasteiger partial charge on any atom is 0.133 e. The summed E-state index contributed by atoms with van der Waals surface area (Å²) in [5.41, 5.74) is -0.102. The lowest BCUT2D eigenvalue weighted by atomic mass is 10.0. The first-order valence-electron chi connectivity index (χ1n) is 6.63. The minimum atomic E-state index is -0.901. The first kappa shape index (κ1) is 16.5. The highest BCUT2D eigenvalue weighted by Gasteiger charge is 2.22. The van der Waals surface area contributed by atoms with Gasteiger partial charge in [-0.3, -0.25) is 0 Å². The maximum atomic E-state index is 14.0. The Labute approximate surface area is 134 Å². The Morgan fingerprint density at radius 1 is 1.19 bits per heavy atom. The molecule has 1 unspecified atom stereocenters. The van der Waals surface area contributed by atoms with Crippen molar-refractivity contribution in [2.45, 2.75) is 25.8 Å². The molecule has 0 bridgehead atoms. The lowest BCUT2D eigenvalue weighted by Gasteiger charge is -2.19. The van der Waals surface area contributed by atoms with E-state index in [-0.39, 0.29) is 5.56 Å². The molecule has 1 atom stereocenters. The first-order chi connectivity index (χ1) is 10.0. The molecule has 114 valence electrons. The number of hydrogen-bond acceptors (Lipinski definition) is 2. The van der Waals surface area contributed by atoms with Gasteiger partial charge in [-0.15, -0.1) is 11.3 Å². The minimum Gasteiger partial charge on any atom is -0.309 e. The molecule has 1 N–H and O–H groups in total. The highest BCUT2D eigenvalue weighted by Crippen LogP contribution is 2.29. The second-order valence-electron chi connectivity index (χ2n) is 4.70. The third kappa shape index (κ3) is 4.31. The van der Waals surface area contributed by atoms with Crippen LogP contribution in [-0.4, -0.2) is 6.54 Å². The normalized spacial score (nSPS) is 12.6. The zero-order chi connectivity index (χ0) is 15.4. The van der Waals surface area contributed by atoms with Gasteiger partial charge in [-0.2, -0.15) is 0 Å². The topological polar surface area (TPSA) is 12.0 Å². The van der Waals surface area contributed by atoms with E-state index in [0.29, 0.717) is 13.0 Å². The molecule has 21 heavy (non-hydrogen) atoms. The van der Waals surface area contributed by atoms with Crippen LogP contribution in [0.25, 0.3) is 0 Å². The average molecular weight is 378 g/mol. The van der Waals surface area contributed by atoms with Crippen molar-refractivity contribution in [1.82, 2.24) is 5.32 Å². The van der Waals surface area contributed by atoms with Crippen molar-refractivity contribution in [1.29, 1.82) is 0 Å². The van der Waals surface area contributed by atoms with E-state index >= 15 is 0 Å². The van der Waals surface area contributed by atoms with Crippen molar-refractivity contribution in [2.24, 2.45) is 0 Å². The van der Waals surface area contributed by atoms with Crippen LogP contribution in [0.3, 0.4) is 0 Å². The van der Waals surface area contributed by atoms with Gasteiger partial charge in [0.2, 0.25) is 0 Å². The van der Waals surface area contributed by atoms with Gasteiger partial charge in [-0.05, 0) is 41.0 Å². The largest absolute Gasteiger partial charge is 0.309 e. The number of benzene rings is 1. The number of hydrogen-bond donors (Lipinski definition) is 1. The van der Waals surface area contributed by atoms with E-state index in [4.69, 9.17) is 0 Å². The molecule has 0 aliphatic rings. The number of thiophene rings is 1. The zero-order valence-corrected chi connectivity index (χ0v) is 13.8. The number of halogens is 4. The highest BCUT2D eigenvalue weighted by atomic mass is 79.9. The molecular formula is C15H15BrF3NS. The molecule has 2 rings (SSSR count). The van der Waals surface area contributed by atoms with E-state index in [1.165, 1.54) is 11.3 Å². The molecule has 1 nitrogen and oxygen atoms in total. The van der Waals surface area contributed by atoms with Gasteiger partial charge in [0.15, 0.2) is 0 Å². The van der Waals surface area contributed by atoms with Crippen LogP contribution in [0.5, 0.6) is 0 Å². The van der Waals surface area contributed by atoms with Crippen LogP contribution >= 0.6 is 27.3 Å². The second kappa shape index (κ2) is 7.42. The van der Waals surface area contributed by atoms with Crippen molar-refractivity contribution in [3.63, 3.8) is 0 Å². The van der Waals surface area contributed by atoms with Crippen LogP contribution in [0.4, 0.5) is 13.2 Å². The highest BCUT2D eigenvalue weighted by molar-refractivity contribution is 9.11. The molecule has 6 heteroatoms. The first-order valence-corrected chi connectivity index (χ1v) is 8.24. The molecule has 1 aromatic heterocycles. The summed E-state index contributed by atoms with van der Waals surface area (Å²) in [4.78, 5) is 0.999. The standard InChI is InChI=1S/C15H15BrF3NS/c1-2-5-20-13(8-10-3-4-14(16)21-10)15-11(18)6-9(17)7-12(15)19/h3-4,6-7,13,20H,2,5,8H2,1H3. The SMILES string of the molecule is CCCNC(Cc1ccc(Br)s1)c1c(F)cc(F)cc1F. The van der Waals surface area contributed by atoms with E-state index in [9.17, 15) is 13.2 Å². The molecule has 0 radical (unpaired) electrons. The Balaban J connectivity index is 2.31. The molecule has 0 amide bonds. The Kier molecular flexibility index (Phi) is 5.84. The molecule has 2 aromatic rings. The predicted octanol–water partition coefficient (Wildman–Crippen LogP) is 5.21. The average Bonchev–Trinajstić information content (AvgIpc) is 2.80. The molecular weight excluding hydrogens is 363 g/mol. The van der Waals surface area contributed by atoms with E-state index in [1.807, 2.05) is 19.1 Å². The smallest absolute Gasteiger partial charge is 0.133 e. The third-order valence-electron chi connectivity index (χ3n) is 3.07. The fourth-order valence-electron chi connectivity index (χ4n) is 2.14. The summed E-state index contributed by atoms with van der Waals surface area (Å²) >= 11 is 4.89. The summed E-state index contributed by atoms with van der Waals surface area (Å²) in [5, 5.41) is 3.13. The quantitative estimate of drug-likeness (QED) is 0.728. The van der Waals surface area contributed by atoms with Crippen molar-refractivity contribution in [2.75, 3.05) is 6.54 Å². The van der Waals surface area contributed by atoms with Gasteiger partial charge in [-0.25, -0.2) is 13.2 Å². The Morgan fingerprint density at radius 2 is 1.86 bits per heavy atom. The van der Waals surface area contributed by atoms with Gasteiger partial charge in [0.1, 0.15) is 17.5 Å². The van der Waals surface area contributed by atoms with Crippen molar-refractivity contribution in [3.8, 4) is 0 Å². The molecule has 0 fully saturated rings. The van der Waals surface area contributed by atoms with Crippen LogP contribution in [0.2, 0.25) is 0 Å². The molecule has 1 heterocycles. The number of rotatable bonds is 6. The summed E-state index contributed by atoms with van der Waals surface area (Å²) in [5.74, 6) is -2.60. The lowest BCUT2D eigenvalue weighted by molar-refractivity contribution is 0.456. The van der Waals surface area contributed by atoms with E-state index in [0.717, 1.165) is 27.2 Å². The summed E-state index contributed by atoms with van der Waals surface area (Å²) < 4.78 is 42.0. The predicted molar refractivity (Wildman–Crippen MR) is 83.1 cm³/mol. The fraction of sp³-hybridized carbons (Fsp3) is 0.333. The molecule has 0 spiro atoms. The van der Waals surface area contributed by atoms with E-state index in [1.54, 1.807) is 0 Å². The van der Waals surface area contributed by atoms with Gasteiger partial charge >= 0.3 is 0 Å². The van der Waals surface area contributed by atoms with Crippen LogP contribution in [0.15, 0.2) is 28.1 Å². The van der Waals surface area contributed by atoms with E-state index in [2.05, 4.69) is 21.2 Å². The maximum absolute atomic E-state index is 14.0. The molecule has 0 aliphatic heterocycles. The fourth-order valence-corrected chi connectivity index (χ4v) is 3.67. The summed E-state index contributed by atoms with van der Waals surface area (Å²) in [6, 6.07) is 4.74. The van der Waals surface area contributed by atoms with Gasteiger partial charge < -0.3 is 5.32 Å². The van der Waals surface area contributed by atoms with Crippen molar-refractivity contribution < 1.29 is 13.2 Å². The molecule has 0 saturated carbocycles. The van der Waals surface area contributed by atoms with Crippen LogP contribution in [-0.2, 0) is 6.42 Å². The summed E-state index contributed by atoms with van der Waals surface area (Å²) in [6.07, 6.45) is 1.30. The third-order valence-corrected chi connectivity index (χ3v) is 4.71. The monoisotopic (exact) mass is 377 g/mol. The molecule has 0 saturated heterocycles. The van der Waals surface area contributed by atoms with Gasteiger partial charge in [0, 0.05) is 35.0 Å². The van der Waals surface area contributed by atoms with E-state index < -0.39 is 23.5 Å². The summed E-state index contributed by atoms with van der Waals surface area (Å²) in [7, 11) is 0. The Bertz CT molecular complexity index is 592. The molecule has 1 aromatic carbocycles. The van der Waals surface area contributed by atoms with Crippen LogP contribution in [0.1, 0.15) is 29.8 Å². The van der Waals surface area contributed by atoms with Crippen molar-refractivity contribution >= 4 is 27.3 Å². The number of nitrogens with one attached hydrogen (secondary N) is 1. The second-order valence-corrected chi connectivity index (χ2v) is 7.25. The Morgan fingerprint density at radius 3 is 2.38 bits per heavy atom. The van der Waals surface area contributed by atoms with Crippen molar-refractivity contribution in [3.05, 3.63) is 55.9 Å². The van der Waals surface area contributed by atoms with Gasteiger partial charge in [0.25, 0.3) is 0 Å². The zero-order valence-electron chi connectivity index (χ0n) is 11.4. The minimum absolute atomic E-state index is 0.102. The summed E-state index contributed by atoms with van der Waals surface area (Å²) in [6.45, 7) is 2.61. The Hall–Kier alpha value is -0.850. The molecule has 0 aliphatic carbocycles. The van der Waals surface area contributed by atoms with Crippen LogP contribution in [0, 0.1) is 17.5 Å². The van der Waals surface area contributed by atoms with Gasteiger partial charge in [-0.1, -0.05) is 6.92 Å².